The van der Waals surface area contributed by atoms with E-state index < -0.39 is 17.8 Å². The summed E-state index contributed by atoms with van der Waals surface area (Å²) in [4.78, 5) is 38.8. The van der Waals surface area contributed by atoms with Gasteiger partial charge in [0.1, 0.15) is 5.57 Å². The summed E-state index contributed by atoms with van der Waals surface area (Å²) < 4.78 is 11.7. The lowest BCUT2D eigenvalue weighted by Gasteiger charge is -2.26. The van der Waals surface area contributed by atoms with Gasteiger partial charge in [0.05, 0.1) is 23.9 Å². The van der Waals surface area contributed by atoms with Crippen LogP contribution in [-0.2, 0) is 16.0 Å². The molecular formula is C23H23BrN2O5. The number of aryl methyl sites for hydroxylation is 1. The summed E-state index contributed by atoms with van der Waals surface area (Å²) in [6, 6.07) is 9.66. The number of methoxy groups -OCH3 is 1. The summed E-state index contributed by atoms with van der Waals surface area (Å²) in [5.74, 6) is -0.447. The molecule has 1 saturated heterocycles. The second-order valence-corrected chi connectivity index (χ2v) is 7.71. The van der Waals surface area contributed by atoms with Crippen LogP contribution in [0.5, 0.6) is 11.5 Å². The number of anilines is 1. The molecular weight excluding hydrogens is 464 g/mol. The van der Waals surface area contributed by atoms with E-state index in [-0.39, 0.29) is 5.57 Å². The first-order valence-electron chi connectivity index (χ1n) is 9.90. The number of urea groups is 1. The predicted molar refractivity (Wildman–Crippen MR) is 121 cm³/mol. The number of halogens is 1. The molecule has 162 valence electrons. The van der Waals surface area contributed by atoms with Crippen molar-refractivity contribution in [3.05, 3.63) is 57.6 Å². The number of rotatable bonds is 7. The Bertz CT molecular complexity index is 1050. The number of carbonyl (C=O) groups is 3. The Morgan fingerprint density at radius 3 is 2.42 bits per heavy atom. The van der Waals surface area contributed by atoms with Gasteiger partial charge in [0.2, 0.25) is 0 Å². The summed E-state index contributed by atoms with van der Waals surface area (Å²) >= 11 is 3.45. The first-order valence-corrected chi connectivity index (χ1v) is 10.7. The number of barbiturate groups is 1. The molecule has 3 rings (SSSR count). The van der Waals surface area contributed by atoms with Gasteiger partial charge < -0.3 is 9.47 Å². The van der Waals surface area contributed by atoms with Crippen molar-refractivity contribution in [2.75, 3.05) is 18.6 Å². The van der Waals surface area contributed by atoms with Crippen molar-refractivity contribution < 1.29 is 23.9 Å². The zero-order valence-electron chi connectivity index (χ0n) is 17.5. The van der Waals surface area contributed by atoms with Crippen LogP contribution < -0.4 is 19.7 Å². The van der Waals surface area contributed by atoms with Crippen LogP contribution in [-0.4, -0.2) is 31.6 Å². The second-order valence-electron chi connectivity index (χ2n) is 6.86. The van der Waals surface area contributed by atoms with Gasteiger partial charge >= 0.3 is 6.03 Å². The van der Waals surface area contributed by atoms with Gasteiger partial charge in [-0.05, 0) is 70.2 Å². The van der Waals surface area contributed by atoms with Gasteiger partial charge in [-0.15, -0.1) is 0 Å². The van der Waals surface area contributed by atoms with Crippen LogP contribution >= 0.6 is 15.9 Å². The maximum Gasteiger partial charge on any atom is 0.335 e. The largest absolute Gasteiger partial charge is 0.493 e. The van der Waals surface area contributed by atoms with Crippen molar-refractivity contribution in [2.24, 2.45) is 0 Å². The van der Waals surface area contributed by atoms with Gasteiger partial charge in [0.15, 0.2) is 11.5 Å². The van der Waals surface area contributed by atoms with Crippen molar-refractivity contribution in [1.82, 2.24) is 5.32 Å². The molecule has 0 unspecified atom stereocenters. The van der Waals surface area contributed by atoms with Gasteiger partial charge in [-0.25, -0.2) is 9.69 Å². The van der Waals surface area contributed by atoms with E-state index in [9.17, 15) is 14.4 Å². The minimum atomic E-state index is -0.779. The molecule has 4 amide bonds. The fourth-order valence-electron chi connectivity index (χ4n) is 3.11. The minimum Gasteiger partial charge on any atom is -0.493 e. The normalized spacial score (nSPS) is 15.3. The molecule has 0 aliphatic carbocycles. The third-order valence-electron chi connectivity index (χ3n) is 4.72. The SMILES string of the molecule is CCCOc1c(Br)cc(/C=C2\C(=O)NC(=O)N(c3ccc(CC)cc3)C2=O)cc1OC. The number of imide groups is 2. The lowest BCUT2D eigenvalue weighted by atomic mass is 10.1. The molecule has 1 aliphatic rings. The standard InChI is InChI=1S/C23H23BrN2O5/c1-4-10-31-20-18(24)12-15(13-19(20)30-3)11-17-21(27)25-23(29)26(22(17)28)16-8-6-14(5-2)7-9-16/h6-9,11-13H,4-5,10H2,1-3H3,(H,25,27,29)/b17-11+. The fourth-order valence-corrected chi connectivity index (χ4v) is 3.68. The minimum absolute atomic E-state index is 0.157. The summed E-state index contributed by atoms with van der Waals surface area (Å²) in [7, 11) is 1.51. The van der Waals surface area contributed by atoms with Crippen LogP contribution in [0.25, 0.3) is 6.08 Å². The zero-order valence-corrected chi connectivity index (χ0v) is 19.1. The number of nitrogens with zero attached hydrogens (tertiary/aromatic N) is 1. The molecule has 1 aliphatic heterocycles. The molecule has 0 aromatic heterocycles. The molecule has 2 aromatic carbocycles. The molecule has 31 heavy (non-hydrogen) atoms. The Hall–Kier alpha value is -3.13. The van der Waals surface area contributed by atoms with E-state index in [0.717, 1.165) is 23.3 Å². The summed E-state index contributed by atoms with van der Waals surface area (Å²) in [5, 5.41) is 2.23. The fraction of sp³-hybridized carbons (Fsp3) is 0.261. The molecule has 0 bridgehead atoms. The van der Waals surface area contributed by atoms with E-state index in [0.29, 0.717) is 33.8 Å². The summed E-state index contributed by atoms with van der Waals surface area (Å²) in [6.45, 7) is 4.53. The Kier molecular flexibility index (Phi) is 7.12. The molecule has 0 radical (unpaired) electrons. The third kappa shape index (κ3) is 4.80. The van der Waals surface area contributed by atoms with Gasteiger partial charge in [-0.3, -0.25) is 14.9 Å². The van der Waals surface area contributed by atoms with Crippen LogP contribution in [0.4, 0.5) is 10.5 Å². The highest BCUT2D eigenvalue weighted by molar-refractivity contribution is 9.10. The molecule has 7 nitrogen and oxygen atoms in total. The number of amides is 4. The molecule has 2 aromatic rings. The molecule has 1 fully saturated rings. The number of hydrogen-bond donors (Lipinski definition) is 1. The maximum atomic E-state index is 13.1. The molecule has 1 N–H and O–H groups in total. The van der Waals surface area contributed by atoms with Gasteiger partial charge in [0, 0.05) is 0 Å². The predicted octanol–water partition coefficient (Wildman–Crippen LogP) is 4.48. The third-order valence-corrected chi connectivity index (χ3v) is 5.31. The molecule has 0 spiro atoms. The van der Waals surface area contributed by atoms with E-state index in [1.165, 1.54) is 13.2 Å². The number of benzene rings is 2. The van der Waals surface area contributed by atoms with Crippen LogP contribution in [0.1, 0.15) is 31.4 Å². The van der Waals surface area contributed by atoms with Crippen molar-refractivity contribution in [2.45, 2.75) is 26.7 Å². The number of nitrogens with one attached hydrogen (secondary N) is 1. The average molecular weight is 487 g/mol. The Balaban J connectivity index is 1.98. The van der Waals surface area contributed by atoms with Gasteiger partial charge in [-0.2, -0.15) is 0 Å². The van der Waals surface area contributed by atoms with Crippen molar-refractivity contribution >= 4 is 45.5 Å². The Labute approximate surface area is 189 Å². The van der Waals surface area contributed by atoms with Crippen LogP contribution in [0, 0.1) is 0 Å². The van der Waals surface area contributed by atoms with Crippen molar-refractivity contribution in [1.29, 1.82) is 0 Å². The summed E-state index contributed by atoms with van der Waals surface area (Å²) in [6.07, 6.45) is 3.09. The topological polar surface area (TPSA) is 84.9 Å². The second kappa shape index (κ2) is 9.78. The molecule has 0 saturated carbocycles. The van der Waals surface area contributed by atoms with Crippen molar-refractivity contribution in [3.63, 3.8) is 0 Å². The highest BCUT2D eigenvalue weighted by atomic mass is 79.9. The lowest BCUT2D eigenvalue weighted by molar-refractivity contribution is -0.122. The van der Waals surface area contributed by atoms with Crippen LogP contribution in [0.15, 0.2) is 46.4 Å². The zero-order chi connectivity index (χ0) is 22.5. The Morgan fingerprint density at radius 1 is 1.10 bits per heavy atom. The monoisotopic (exact) mass is 486 g/mol. The van der Waals surface area contributed by atoms with Crippen molar-refractivity contribution in [3.8, 4) is 11.5 Å². The first kappa shape index (κ1) is 22.6. The molecule has 0 atom stereocenters. The van der Waals surface area contributed by atoms with Crippen LogP contribution in [0.3, 0.4) is 0 Å². The summed E-state index contributed by atoms with van der Waals surface area (Å²) in [5.41, 5.74) is 1.85. The van der Waals surface area contributed by atoms with Gasteiger partial charge in [0.25, 0.3) is 11.8 Å². The highest BCUT2D eigenvalue weighted by Gasteiger charge is 2.36. The van der Waals surface area contributed by atoms with E-state index in [1.807, 2.05) is 26.0 Å². The first-order chi connectivity index (χ1) is 14.9. The van der Waals surface area contributed by atoms with E-state index in [2.05, 4.69) is 21.2 Å². The number of hydrogen-bond acceptors (Lipinski definition) is 5. The smallest absolute Gasteiger partial charge is 0.335 e. The van der Waals surface area contributed by atoms with Crippen LogP contribution in [0.2, 0.25) is 0 Å². The average Bonchev–Trinajstić information content (AvgIpc) is 2.76. The Morgan fingerprint density at radius 2 is 1.81 bits per heavy atom. The highest BCUT2D eigenvalue weighted by Crippen LogP contribution is 2.37. The quantitative estimate of drug-likeness (QED) is 0.460. The van der Waals surface area contributed by atoms with E-state index in [1.54, 1.807) is 24.3 Å². The van der Waals surface area contributed by atoms with E-state index >= 15 is 0 Å². The van der Waals surface area contributed by atoms with Gasteiger partial charge in [-0.1, -0.05) is 26.0 Å². The molecule has 8 heteroatoms. The number of ether oxygens (including phenoxy) is 2. The molecule has 1 heterocycles. The maximum absolute atomic E-state index is 13.1. The van der Waals surface area contributed by atoms with E-state index in [4.69, 9.17) is 9.47 Å². The lowest BCUT2D eigenvalue weighted by Crippen LogP contribution is -2.54. The number of carbonyl (C=O) groups excluding carboxylic acids is 3.